The Labute approximate surface area is 145 Å². The Bertz CT molecular complexity index is 689. The predicted octanol–water partition coefficient (Wildman–Crippen LogP) is 0.0182. The van der Waals surface area contributed by atoms with Crippen molar-refractivity contribution in [1.82, 2.24) is 4.90 Å². The number of aliphatic hydroxyl groups is 1. The number of hydrogen-bond donors (Lipinski definition) is 3. The van der Waals surface area contributed by atoms with Crippen LogP contribution in [0.4, 0.5) is 0 Å². The second kappa shape index (κ2) is 6.93. The molecule has 1 saturated heterocycles. The molecule has 1 fully saturated rings. The van der Waals surface area contributed by atoms with Gasteiger partial charge in [0.25, 0.3) is 0 Å². The molecule has 0 aromatic heterocycles. The third-order valence-corrected chi connectivity index (χ3v) is 4.48. The second-order valence-electron chi connectivity index (χ2n) is 6.41. The molecule has 0 aliphatic carbocycles. The summed E-state index contributed by atoms with van der Waals surface area (Å²) in [6.07, 6.45) is 0.621. The molecule has 0 radical (unpaired) electrons. The highest BCUT2D eigenvalue weighted by Crippen LogP contribution is 2.37. The van der Waals surface area contributed by atoms with E-state index < -0.39 is 19.0 Å². The van der Waals surface area contributed by atoms with E-state index in [-0.39, 0.29) is 35.7 Å². The van der Waals surface area contributed by atoms with Crippen LogP contribution < -0.4 is 9.39 Å². The molecule has 0 saturated carbocycles. The van der Waals surface area contributed by atoms with Crippen molar-refractivity contribution in [3.63, 3.8) is 0 Å². The van der Waals surface area contributed by atoms with Gasteiger partial charge in [0.05, 0.1) is 25.6 Å². The average Bonchev–Trinajstić information content (AvgIpc) is 2.55. The molecule has 1 aromatic rings. The van der Waals surface area contributed by atoms with E-state index in [1.165, 1.54) is 0 Å². The number of aromatic carboxylic acids is 1. The molecular formula is C16H20BNO7. The number of aryl methyl sites for hydroxylation is 1. The molecule has 0 bridgehead atoms. The first-order valence-electron chi connectivity index (χ1n) is 8.21. The third kappa shape index (κ3) is 3.43. The fraction of sp³-hybridized carbons (Fsp3) is 0.500. The number of aliphatic hydroxyl groups excluding tert-OH is 1. The summed E-state index contributed by atoms with van der Waals surface area (Å²) in [6.45, 7) is 2.10. The summed E-state index contributed by atoms with van der Waals surface area (Å²) < 4.78 is 11.0. The first kappa shape index (κ1) is 17.6. The summed E-state index contributed by atoms with van der Waals surface area (Å²) in [5, 5.41) is 28.2. The SMILES string of the molecule is CC(CO)C(=O)N1CC(Oc2ccc3c(c2C(=O)O)OB(O)CC3)C1. The van der Waals surface area contributed by atoms with Gasteiger partial charge in [0.2, 0.25) is 5.91 Å². The van der Waals surface area contributed by atoms with Crippen molar-refractivity contribution in [1.29, 1.82) is 0 Å². The number of hydrogen-bond acceptors (Lipinski definition) is 6. The van der Waals surface area contributed by atoms with E-state index in [4.69, 9.17) is 14.5 Å². The molecule has 1 unspecified atom stereocenters. The largest absolute Gasteiger partial charge is 0.535 e. The molecule has 2 aliphatic rings. The zero-order valence-electron chi connectivity index (χ0n) is 13.8. The predicted molar refractivity (Wildman–Crippen MR) is 87.8 cm³/mol. The van der Waals surface area contributed by atoms with Gasteiger partial charge in [0.1, 0.15) is 23.2 Å². The first-order chi connectivity index (χ1) is 11.9. The fourth-order valence-electron chi connectivity index (χ4n) is 2.98. The maximum Gasteiger partial charge on any atom is 0.522 e. The van der Waals surface area contributed by atoms with Gasteiger partial charge in [-0.15, -0.1) is 0 Å². The first-order valence-corrected chi connectivity index (χ1v) is 8.21. The minimum atomic E-state index is -1.19. The summed E-state index contributed by atoms with van der Waals surface area (Å²) in [7, 11) is -1.03. The molecule has 1 aromatic carbocycles. The number of carboxylic acid groups (broad SMARTS) is 1. The van der Waals surface area contributed by atoms with Crippen molar-refractivity contribution < 1.29 is 34.2 Å². The lowest BCUT2D eigenvalue weighted by Crippen LogP contribution is -2.57. The van der Waals surface area contributed by atoms with Crippen molar-refractivity contribution in [2.75, 3.05) is 19.7 Å². The number of carbonyl (C=O) groups excluding carboxylic acids is 1. The Hall–Kier alpha value is -2.26. The van der Waals surface area contributed by atoms with Crippen LogP contribution in [-0.2, 0) is 11.2 Å². The Kier molecular flexibility index (Phi) is 4.87. The van der Waals surface area contributed by atoms with Crippen molar-refractivity contribution in [3.8, 4) is 11.5 Å². The number of fused-ring (bicyclic) bond motifs is 1. The normalized spacial score (nSPS) is 18.0. The molecule has 2 aliphatic heterocycles. The minimum absolute atomic E-state index is 0.107. The molecule has 9 heteroatoms. The second-order valence-corrected chi connectivity index (χ2v) is 6.41. The molecule has 134 valence electrons. The zero-order valence-corrected chi connectivity index (χ0v) is 13.8. The van der Waals surface area contributed by atoms with Crippen molar-refractivity contribution >= 4 is 19.0 Å². The van der Waals surface area contributed by atoms with Crippen LogP contribution in [0.5, 0.6) is 11.5 Å². The lowest BCUT2D eigenvalue weighted by Gasteiger charge is -2.40. The van der Waals surface area contributed by atoms with E-state index in [1.807, 2.05) is 0 Å². The summed E-state index contributed by atoms with van der Waals surface area (Å²) in [5.74, 6) is -1.51. The summed E-state index contributed by atoms with van der Waals surface area (Å²) in [5.41, 5.74) is 0.613. The number of likely N-dealkylation sites (tertiary alicyclic amines) is 1. The van der Waals surface area contributed by atoms with Crippen LogP contribution in [0.15, 0.2) is 12.1 Å². The molecule has 1 atom stereocenters. The minimum Gasteiger partial charge on any atom is -0.535 e. The standard InChI is InChI=1S/C16H20BNO7/c1-9(8-19)15(20)18-6-11(7-18)24-12-3-2-10-4-5-17(23)25-14(10)13(12)16(21)22/h2-3,9,11,19,23H,4-8H2,1H3,(H,21,22). The molecule has 1 amide bonds. The third-order valence-electron chi connectivity index (χ3n) is 4.48. The van der Waals surface area contributed by atoms with Gasteiger partial charge in [-0.25, -0.2) is 4.79 Å². The topological polar surface area (TPSA) is 117 Å². The summed E-state index contributed by atoms with van der Waals surface area (Å²) in [6, 6.07) is 3.32. The van der Waals surface area contributed by atoms with E-state index in [1.54, 1.807) is 24.0 Å². The van der Waals surface area contributed by atoms with Crippen molar-refractivity contribution in [2.24, 2.45) is 5.92 Å². The summed E-state index contributed by atoms with van der Waals surface area (Å²) in [4.78, 5) is 25.1. The quantitative estimate of drug-likeness (QED) is 0.642. The lowest BCUT2D eigenvalue weighted by atomic mass is 9.78. The van der Waals surface area contributed by atoms with Gasteiger partial charge in [0, 0.05) is 0 Å². The molecule has 3 rings (SSSR count). The molecule has 25 heavy (non-hydrogen) atoms. The van der Waals surface area contributed by atoms with Crippen LogP contribution in [0.1, 0.15) is 22.8 Å². The van der Waals surface area contributed by atoms with Crippen LogP contribution in [0.25, 0.3) is 0 Å². The van der Waals surface area contributed by atoms with Crippen molar-refractivity contribution in [3.05, 3.63) is 23.3 Å². The number of benzene rings is 1. The number of ether oxygens (including phenoxy) is 1. The molecular weight excluding hydrogens is 329 g/mol. The Morgan fingerprint density at radius 1 is 1.44 bits per heavy atom. The van der Waals surface area contributed by atoms with Gasteiger partial charge in [0.15, 0.2) is 0 Å². The highest BCUT2D eigenvalue weighted by Gasteiger charge is 2.36. The number of amides is 1. The highest BCUT2D eigenvalue weighted by molar-refractivity contribution is 6.44. The van der Waals surface area contributed by atoms with E-state index in [2.05, 4.69) is 0 Å². The van der Waals surface area contributed by atoms with Gasteiger partial charge in [-0.3, -0.25) is 4.79 Å². The molecule has 2 heterocycles. The van der Waals surface area contributed by atoms with Crippen molar-refractivity contribution in [2.45, 2.75) is 25.8 Å². The van der Waals surface area contributed by atoms with Crippen LogP contribution in [0.3, 0.4) is 0 Å². The number of carbonyl (C=O) groups is 2. The molecule has 3 N–H and O–H groups in total. The number of rotatable bonds is 5. The van der Waals surface area contributed by atoms with Gasteiger partial charge < -0.3 is 29.5 Å². The van der Waals surface area contributed by atoms with Crippen LogP contribution in [-0.4, -0.2) is 64.9 Å². The summed E-state index contributed by atoms with van der Waals surface area (Å²) >= 11 is 0. The lowest BCUT2D eigenvalue weighted by molar-refractivity contribution is -0.145. The van der Waals surface area contributed by atoms with E-state index in [0.717, 1.165) is 5.56 Å². The van der Waals surface area contributed by atoms with E-state index >= 15 is 0 Å². The van der Waals surface area contributed by atoms with Crippen LogP contribution in [0, 0.1) is 5.92 Å². The average molecular weight is 349 g/mol. The Morgan fingerprint density at radius 2 is 2.16 bits per heavy atom. The smallest absolute Gasteiger partial charge is 0.522 e. The van der Waals surface area contributed by atoms with Gasteiger partial charge >= 0.3 is 13.1 Å². The monoisotopic (exact) mass is 349 g/mol. The van der Waals surface area contributed by atoms with Gasteiger partial charge in [-0.05, 0) is 24.4 Å². The zero-order chi connectivity index (χ0) is 18.1. The maximum atomic E-state index is 11.9. The molecule has 8 nitrogen and oxygen atoms in total. The number of nitrogens with zero attached hydrogens (tertiary/aromatic N) is 1. The van der Waals surface area contributed by atoms with E-state index in [0.29, 0.717) is 25.8 Å². The van der Waals surface area contributed by atoms with Crippen LogP contribution >= 0.6 is 0 Å². The Balaban J connectivity index is 1.73. The van der Waals surface area contributed by atoms with E-state index in [9.17, 15) is 19.7 Å². The number of carboxylic acids is 1. The Morgan fingerprint density at radius 3 is 2.80 bits per heavy atom. The fourth-order valence-corrected chi connectivity index (χ4v) is 2.98. The molecule has 0 spiro atoms. The van der Waals surface area contributed by atoms with Crippen LogP contribution in [0.2, 0.25) is 6.32 Å². The maximum absolute atomic E-state index is 11.9. The van der Waals surface area contributed by atoms with Gasteiger partial charge in [-0.2, -0.15) is 0 Å². The highest BCUT2D eigenvalue weighted by atomic mass is 16.5. The van der Waals surface area contributed by atoms with Gasteiger partial charge in [-0.1, -0.05) is 13.0 Å².